The zero-order valence-corrected chi connectivity index (χ0v) is 13.0. The molecule has 2 aliphatic heterocycles. The zero-order chi connectivity index (χ0) is 15.5. The predicted octanol–water partition coefficient (Wildman–Crippen LogP) is 2.85. The van der Waals surface area contributed by atoms with Crippen molar-refractivity contribution in [2.45, 2.75) is 24.8 Å². The number of benzene rings is 1. The summed E-state index contributed by atoms with van der Waals surface area (Å²) in [7, 11) is 0. The summed E-state index contributed by atoms with van der Waals surface area (Å²) in [5.41, 5.74) is 1.35. The lowest BCUT2D eigenvalue weighted by Crippen LogP contribution is -2.42. The van der Waals surface area contributed by atoms with Crippen molar-refractivity contribution in [2.75, 3.05) is 26.6 Å². The Balaban J connectivity index is 1.53. The molecule has 5 nitrogen and oxygen atoms in total. The highest BCUT2D eigenvalue weighted by Gasteiger charge is 2.35. The van der Waals surface area contributed by atoms with Crippen LogP contribution in [0, 0.1) is 0 Å². The molecule has 2 aliphatic rings. The van der Waals surface area contributed by atoms with E-state index in [9.17, 15) is 0 Å². The Labute approximate surface area is 135 Å². The molecule has 1 saturated heterocycles. The van der Waals surface area contributed by atoms with Gasteiger partial charge in [0.15, 0.2) is 11.5 Å². The molecule has 0 atom stereocenters. The predicted molar refractivity (Wildman–Crippen MR) is 84.7 cm³/mol. The Morgan fingerprint density at radius 1 is 1.04 bits per heavy atom. The first-order valence-corrected chi connectivity index (χ1v) is 8.07. The van der Waals surface area contributed by atoms with E-state index in [1.54, 1.807) is 6.26 Å². The highest BCUT2D eigenvalue weighted by atomic mass is 16.7. The minimum atomic E-state index is 0.0613. The molecule has 1 N–H and O–H groups in total. The Hall–Kier alpha value is -1.98. The highest BCUT2D eigenvalue weighted by molar-refractivity contribution is 5.47. The minimum absolute atomic E-state index is 0.0613. The molecule has 5 heteroatoms. The van der Waals surface area contributed by atoms with Crippen LogP contribution in [0.5, 0.6) is 11.5 Å². The Kier molecular flexibility index (Phi) is 3.97. The molecule has 0 spiro atoms. The van der Waals surface area contributed by atoms with Crippen molar-refractivity contribution in [3.63, 3.8) is 0 Å². The Morgan fingerprint density at radius 2 is 1.91 bits per heavy atom. The number of hydrogen-bond acceptors (Lipinski definition) is 5. The lowest BCUT2D eigenvalue weighted by Gasteiger charge is -2.38. The van der Waals surface area contributed by atoms with E-state index in [1.165, 1.54) is 5.56 Å². The summed E-state index contributed by atoms with van der Waals surface area (Å²) < 4.78 is 22.0. The van der Waals surface area contributed by atoms with Crippen molar-refractivity contribution in [2.24, 2.45) is 0 Å². The van der Waals surface area contributed by atoms with Crippen molar-refractivity contribution >= 4 is 0 Å². The number of ether oxygens (including phenoxy) is 3. The molecule has 3 heterocycles. The summed E-state index contributed by atoms with van der Waals surface area (Å²) in [5.74, 6) is 2.64. The van der Waals surface area contributed by atoms with E-state index in [0.717, 1.165) is 56.4 Å². The number of nitrogens with one attached hydrogen (secondary N) is 1. The molecule has 0 amide bonds. The molecule has 4 rings (SSSR count). The molecule has 1 aromatic heterocycles. The van der Waals surface area contributed by atoms with Crippen LogP contribution in [0.2, 0.25) is 0 Å². The van der Waals surface area contributed by atoms with Crippen LogP contribution >= 0.6 is 0 Å². The SMILES string of the molecule is c1coc(CNCC2(c3ccc4c(c3)OCO4)CCOCC2)c1. The maximum atomic E-state index is 5.59. The van der Waals surface area contributed by atoms with Crippen LogP contribution in [0.1, 0.15) is 24.2 Å². The number of furan rings is 1. The Morgan fingerprint density at radius 3 is 2.74 bits per heavy atom. The van der Waals surface area contributed by atoms with Gasteiger partial charge >= 0.3 is 0 Å². The highest BCUT2D eigenvalue weighted by Crippen LogP contribution is 2.40. The molecule has 23 heavy (non-hydrogen) atoms. The smallest absolute Gasteiger partial charge is 0.231 e. The molecule has 0 saturated carbocycles. The van der Waals surface area contributed by atoms with Gasteiger partial charge in [0.25, 0.3) is 0 Å². The molecule has 0 aliphatic carbocycles. The molecule has 2 aromatic rings. The monoisotopic (exact) mass is 315 g/mol. The molecular formula is C18H21NO4. The number of fused-ring (bicyclic) bond motifs is 1. The fourth-order valence-electron chi connectivity index (χ4n) is 3.39. The average Bonchev–Trinajstić information content (AvgIpc) is 3.26. The van der Waals surface area contributed by atoms with Crippen LogP contribution in [0.3, 0.4) is 0 Å². The molecule has 122 valence electrons. The summed E-state index contributed by atoms with van der Waals surface area (Å²) in [6.07, 6.45) is 3.70. The first kappa shape index (κ1) is 14.6. The van der Waals surface area contributed by atoms with Gasteiger partial charge in [-0.1, -0.05) is 6.07 Å². The van der Waals surface area contributed by atoms with Gasteiger partial charge in [-0.05, 0) is 42.7 Å². The average molecular weight is 315 g/mol. The molecule has 1 fully saturated rings. The van der Waals surface area contributed by atoms with Crippen molar-refractivity contribution in [1.29, 1.82) is 0 Å². The molecule has 0 radical (unpaired) electrons. The van der Waals surface area contributed by atoms with Crippen LogP contribution in [0.15, 0.2) is 41.0 Å². The fourth-order valence-corrected chi connectivity index (χ4v) is 3.39. The molecule has 0 bridgehead atoms. The molecular weight excluding hydrogens is 294 g/mol. The number of rotatable bonds is 5. The second-order valence-electron chi connectivity index (χ2n) is 6.14. The quantitative estimate of drug-likeness (QED) is 0.919. The second-order valence-corrected chi connectivity index (χ2v) is 6.14. The molecule has 1 aromatic carbocycles. The maximum Gasteiger partial charge on any atom is 0.231 e. The lowest BCUT2D eigenvalue weighted by atomic mass is 9.74. The van der Waals surface area contributed by atoms with Crippen LogP contribution < -0.4 is 14.8 Å². The van der Waals surface area contributed by atoms with E-state index in [2.05, 4.69) is 17.4 Å². The van der Waals surface area contributed by atoms with Gasteiger partial charge < -0.3 is 23.9 Å². The zero-order valence-electron chi connectivity index (χ0n) is 13.0. The third-order valence-electron chi connectivity index (χ3n) is 4.78. The largest absolute Gasteiger partial charge is 0.468 e. The first-order chi connectivity index (χ1) is 11.4. The van der Waals surface area contributed by atoms with Gasteiger partial charge in [0.05, 0.1) is 12.8 Å². The van der Waals surface area contributed by atoms with Gasteiger partial charge in [0, 0.05) is 25.2 Å². The van der Waals surface area contributed by atoms with Crippen molar-refractivity contribution < 1.29 is 18.6 Å². The Bertz CT molecular complexity index is 647. The standard InChI is InChI=1S/C18H21NO4/c1-2-15(21-7-1)11-19-12-18(5-8-20-9-6-18)14-3-4-16-17(10-14)23-13-22-16/h1-4,7,10,19H,5-6,8-9,11-13H2. The van der Waals surface area contributed by atoms with E-state index in [1.807, 2.05) is 18.2 Å². The van der Waals surface area contributed by atoms with E-state index in [0.29, 0.717) is 6.79 Å². The van der Waals surface area contributed by atoms with E-state index in [-0.39, 0.29) is 5.41 Å². The van der Waals surface area contributed by atoms with E-state index >= 15 is 0 Å². The van der Waals surface area contributed by atoms with Gasteiger partial charge in [-0.15, -0.1) is 0 Å². The summed E-state index contributed by atoms with van der Waals surface area (Å²) >= 11 is 0. The van der Waals surface area contributed by atoms with Crippen molar-refractivity contribution in [3.8, 4) is 11.5 Å². The van der Waals surface area contributed by atoms with Gasteiger partial charge in [-0.2, -0.15) is 0 Å². The fraction of sp³-hybridized carbons (Fsp3) is 0.444. The second kappa shape index (κ2) is 6.26. The maximum absolute atomic E-state index is 5.59. The molecule has 0 unspecified atom stereocenters. The lowest BCUT2D eigenvalue weighted by molar-refractivity contribution is 0.0495. The third kappa shape index (κ3) is 2.94. The summed E-state index contributed by atoms with van der Waals surface area (Å²) in [5, 5.41) is 3.54. The first-order valence-electron chi connectivity index (χ1n) is 8.07. The summed E-state index contributed by atoms with van der Waals surface area (Å²) in [6, 6.07) is 10.2. The summed E-state index contributed by atoms with van der Waals surface area (Å²) in [6.45, 7) is 3.51. The van der Waals surface area contributed by atoms with Crippen molar-refractivity contribution in [3.05, 3.63) is 47.9 Å². The van der Waals surface area contributed by atoms with Crippen LogP contribution in [0.4, 0.5) is 0 Å². The van der Waals surface area contributed by atoms with Crippen LogP contribution in [0.25, 0.3) is 0 Å². The van der Waals surface area contributed by atoms with Gasteiger partial charge in [-0.3, -0.25) is 0 Å². The number of hydrogen-bond donors (Lipinski definition) is 1. The van der Waals surface area contributed by atoms with Gasteiger partial charge in [0.1, 0.15) is 5.76 Å². The van der Waals surface area contributed by atoms with Crippen LogP contribution in [-0.2, 0) is 16.7 Å². The van der Waals surface area contributed by atoms with Gasteiger partial charge in [0.2, 0.25) is 6.79 Å². The van der Waals surface area contributed by atoms with Gasteiger partial charge in [-0.25, -0.2) is 0 Å². The third-order valence-corrected chi connectivity index (χ3v) is 4.78. The normalized spacial score (nSPS) is 19.0. The van der Waals surface area contributed by atoms with Crippen LogP contribution in [-0.4, -0.2) is 26.6 Å². The van der Waals surface area contributed by atoms with E-state index in [4.69, 9.17) is 18.6 Å². The summed E-state index contributed by atoms with van der Waals surface area (Å²) in [4.78, 5) is 0. The minimum Gasteiger partial charge on any atom is -0.468 e. The van der Waals surface area contributed by atoms with Crippen molar-refractivity contribution in [1.82, 2.24) is 5.32 Å². The van der Waals surface area contributed by atoms with E-state index < -0.39 is 0 Å². The topological polar surface area (TPSA) is 52.9 Å².